The Morgan fingerprint density at radius 2 is 1.81 bits per heavy atom. The Morgan fingerprint density at radius 1 is 1.03 bits per heavy atom. The van der Waals surface area contributed by atoms with E-state index in [-0.39, 0.29) is 0 Å². The number of hydrogen-bond donors (Lipinski definition) is 2. The van der Waals surface area contributed by atoms with Gasteiger partial charge in [-0.15, -0.1) is 0 Å². The second-order valence-electron chi connectivity index (χ2n) is 11.1. The molecule has 1 atom stereocenters. The molecule has 0 spiro atoms. The van der Waals surface area contributed by atoms with Gasteiger partial charge in [0.1, 0.15) is 18.0 Å². The van der Waals surface area contributed by atoms with Crippen LogP contribution in [0.4, 0.5) is 27.5 Å². The van der Waals surface area contributed by atoms with Crippen molar-refractivity contribution in [2.45, 2.75) is 50.6 Å². The fourth-order valence-corrected chi connectivity index (χ4v) is 7.43. The van der Waals surface area contributed by atoms with Crippen molar-refractivity contribution in [3.05, 3.63) is 64.6 Å². The third kappa shape index (κ3) is 5.14. The lowest BCUT2D eigenvalue weighted by atomic mass is 9.86. The highest BCUT2D eigenvalue weighted by Gasteiger charge is 2.45. The second kappa shape index (κ2) is 9.68. The number of rotatable bonds is 6. The number of aromatic nitrogens is 2. The molecule has 1 saturated carbocycles. The van der Waals surface area contributed by atoms with E-state index in [2.05, 4.69) is 43.7 Å². The van der Waals surface area contributed by atoms with Crippen LogP contribution in [-0.4, -0.2) is 46.8 Å². The molecule has 2 N–H and O–H groups in total. The molecule has 1 unspecified atom stereocenters. The summed E-state index contributed by atoms with van der Waals surface area (Å²) in [6, 6.07) is 12.2. The van der Waals surface area contributed by atoms with Gasteiger partial charge >= 0.3 is 0 Å². The Kier molecular flexibility index (Phi) is 6.50. The lowest BCUT2D eigenvalue weighted by Gasteiger charge is -2.32. The molecule has 2 aliphatic heterocycles. The summed E-state index contributed by atoms with van der Waals surface area (Å²) in [6.07, 6.45) is 9.00. The van der Waals surface area contributed by atoms with Gasteiger partial charge in [-0.25, -0.2) is 9.37 Å². The van der Waals surface area contributed by atoms with Gasteiger partial charge in [-0.1, -0.05) is 17.7 Å². The monoisotopic (exact) mass is 539 g/mol. The highest BCUT2D eigenvalue weighted by molar-refractivity contribution is 7.70. The predicted molar refractivity (Wildman–Crippen MR) is 149 cm³/mol. The van der Waals surface area contributed by atoms with Gasteiger partial charge in [0.2, 0.25) is 5.95 Å². The van der Waals surface area contributed by atoms with E-state index in [0.717, 1.165) is 30.5 Å². The van der Waals surface area contributed by atoms with E-state index in [0.29, 0.717) is 33.8 Å². The number of aryl methyl sites for hydroxylation is 2. The van der Waals surface area contributed by atoms with Gasteiger partial charge in [-0.2, -0.15) is 4.98 Å². The van der Waals surface area contributed by atoms with E-state index < -0.39 is 13.0 Å². The van der Waals surface area contributed by atoms with Crippen molar-refractivity contribution in [3.63, 3.8) is 0 Å². The molecule has 1 aromatic heterocycles. The van der Waals surface area contributed by atoms with E-state index in [4.69, 9.17) is 11.6 Å². The largest absolute Gasteiger partial charge is 0.338 e. The fraction of sp³-hybridized carbons (Fsp3) is 0.429. The first-order valence-corrected chi connectivity index (χ1v) is 16.0. The summed E-state index contributed by atoms with van der Waals surface area (Å²) in [5.41, 5.74) is 4.27. The summed E-state index contributed by atoms with van der Waals surface area (Å²) in [6.45, 7) is 4.52. The topological polar surface area (TPSA) is 70.2 Å². The predicted octanol–water partition coefficient (Wildman–Crippen LogP) is 6.35. The Bertz CT molecular complexity index is 1390. The minimum absolute atomic E-state index is 0.315. The first kappa shape index (κ1) is 24.8. The van der Waals surface area contributed by atoms with Crippen molar-refractivity contribution in [2.75, 3.05) is 30.5 Å². The molecular formula is C28H32ClFN5OP. The molecule has 0 amide bonds. The molecule has 3 aromatic rings. The molecule has 0 radical (unpaired) electrons. The molecule has 2 saturated heterocycles. The molecule has 2 aliphatic carbocycles. The Morgan fingerprint density at radius 3 is 2.54 bits per heavy atom. The van der Waals surface area contributed by atoms with Crippen molar-refractivity contribution >= 4 is 47.2 Å². The first-order valence-electron chi connectivity index (χ1n) is 13.0. The van der Waals surface area contributed by atoms with Crippen LogP contribution in [-0.2, 0) is 17.4 Å². The van der Waals surface area contributed by atoms with Crippen molar-refractivity contribution in [1.29, 1.82) is 0 Å². The van der Waals surface area contributed by atoms with Crippen molar-refractivity contribution in [2.24, 2.45) is 5.92 Å². The highest BCUT2D eigenvalue weighted by Crippen LogP contribution is 2.44. The van der Waals surface area contributed by atoms with Gasteiger partial charge in [-0.3, -0.25) is 4.90 Å². The number of anilines is 4. The van der Waals surface area contributed by atoms with E-state index in [9.17, 15) is 8.96 Å². The van der Waals surface area contributed by atoms with Crippen LogP contribution >= 0.6 is 18.7 Å². The maximum atomic E-state index is 13.9. The average molecular weight is 540 g/mol. The van der Waals surface area contributed by atoms with Gasteiger partial charge < -0.3 is 15.2 Å². The zero-order valence-electron chi connectivity index (χ0n) is 21.2. The standard InChI is InChI=1S/C28H32ClFN5OP/c1-37(2,36)26-14-20(30)6-10-25(26)33-27-24(29)15-31-28(34-27)32-21-7-3-18-4-8-22(9-5-19(18)13-21)35-16-17-11-23(35)12-17/h3,6-7,10,13-15,17,22-23H,4-5,8-9,11-12,16H2,1-2H3,(H2,31,32,33,34). The minimum Gasteiger partial charge on any atom is -0.338 e. The molecule has 194 valence electrons. The summed E-state index contributed by atoms with van der Waals surface area (Å²) in [5.74, 6) is 1.28. The van der Waals surface area contributed by atoms with Crippen LogP contribution in [0.25, 0.3) is 0 Å². The van der Waals surface area contributed by atoms with E-state index in [1.54, 1.807) is 19.4 Å². The molecule has 9 heteroatoms. The third-order valence-corrected chi connectivity index (χ3v) is 9.92. The van der Waals surface area contributed by atoms with Crippen LogP contribution in [0.5, 0.6) is 0 Å². The van der Waals surface area contributed by atoms with Crippen LogP contribution < -0.4 is 15.9 Å². The van der Waals surface area contributed by atoms with Crippen molar-refractivity contribution < 1.29 is 8.96 Å². The lowest BCUT2D eigenvalue weighted by molar-refractivity contribution is 0.170. The fourth-order valence-electron chi connectivity index (χ4n) is 6.14. The van der Waals surface area contributed by atoms with Crippen LogP contribution in [0, 0.1) is 11.7 Å². The number of nitrogens with one attached hydrogen (secondary N) is 2. The molecule has 4 aliphatic rings. The Balaban J connectivity index is 1.18. The number of benzene rings is 2. The molecule has 2 bridgehead atoms. The van der Waals surface area contributed by atoms with E-state index in [1.165, 1.54) is 61.7 Å². The number of hydrogen-bond acceptors (Lipinski definition) is 6. The van der Waals surface area contributed by atoms with Crippen molar-refractivity contribution in [1.82, 2.24) is 14.9 Å². The van der Waals surface area contributed by atoms with Gasteiger partial charge in [0, 0.05) is 29.6 Å². The summed E-state index contributed by atoms with van der Waals surface area (Å²) in [5, 5.41) is 7.17. The average Bonchev–Trinajstić information content (AvgIpc) is 3.38. The molecular weight excluding hydrogens is 508 g/mol. The van der Waals surface area contributed by atoms with E-state index in [1.807, 2.05) is 0 Å². The number of nitrogens with zero attached hydrogens (tertiary/aromatic N) is 3. The minimum atomic E-state index is -2.74. The summed E-state index contributed by atoms with van der Waals surface area (Å²) >= 11 is 6.38. The van der Waals surface area contributed by atoms with Gasteiger partial charge in [0.25, 0.3) is 0 Å². The molecule has 2 aromatic carbocycles. The van der Waals surface area contributed by atoms with Gasteiger partial charge in [0.05, 0.1) is 11.9 Å². The lowest BCUT2D eigenvalue weighted by Crippen LogP contribution is -2.37. The van der Waals surface area contributed by atoms with E-state index >= 15 is 0 Å². The quantitative estimate of drug-likeness (QED) is 0.281. The van der Waals surface area contributed by atoms with Crippen LogP contribution in [0.3, 0.4) is 0 Å². The Hall–Kier alpha value is -2.47. The molecule has 7 rings (SSSR count). The molecule has 37 heavy (non-hydrogen) atoms. The first-order chi connectivity index (χ1) is 17.7. The molecule has 3 heterocycles. The SMILES string of the molecule is CP(C)(=O)c1cc(F)ccc1Nc1nc(Nc2ccc3c(c2)CCC(N2CC4CC2C4)CC3)ncc1Cl. The summed E-state index contributed by atoms with van der Waals surface area (Å²) in [4.78, 5) is 11.7. The van der Waals surface area contributed by atoms with Crippen LogP contribution in [0.2, 0.25) is 5.02 Å². The molecule has 6 nitrogen and oxygen atoms in total. The van der Waals surface area contributed by atoms with Crippen molar-refractivity contribution in [3.8, 4) is 0 Å². The maximum Gasteiger partial charge on any atom is 0.229 e. The summed E-state index contributed by atoms with van der Waals surface area (Å²) in [7, 11) is -2.74. The number of fused-ring (bicyclic) bond motifs is 2. The highest BCUT2D eigenvalue weighted by atomic mass is 35.5. The van der Waals surface area contributed by atoms with Gasteiger partial charge in [-0.05, 0) is 99.2 Å². The second-order valence-corrected chi connectivity index (χ2v) is 14.6. The zero-order chi connectivity index (χ0) is 25.7. The third-order valence-electron chi connectivity index (χ3n) is 8.11. The normalized spacial score (nSPS) is 23.2. The van der Waals surface area contributed by atoms with Crippen LogP contribution in [0.15, 0.2) is 42.6 Å². The summed E-state index contributed by atoms with van der Waals surface area (Å²) < 4.78 is 26.6. The zero-order valence-corrected chi connectivity index (χ0v) is 22.8. The van der Waals surface area contributed by atoms with Crippen LogP contribution in [0.1, 0.15) is 36.8 Å². The smallest absolute Gasteiger partial charge is 0.229 e. The number of halogens is 2. The maximum absolute atomic E-state index is 13.9. The Labute approximate surface area is 222 Å². The van der Waals surface area contributed by atoms with Gasteiger partial charge in [0.15, 0.2) is 5.82 Å². The molecule has 3 fully saturated rings.